The van der Waals surface area contributed by atoms with Gasteiger partial charge in [0.05, 0.1) is 27.8 Å². The fourth-order valence-corrected chi connectivity index (χ4v) is 9.40. The van der Waals surface area contributed by atoms with Crippen LogP contribution in [0.15, 0.2) is 218 Å². The van der Waals surface area contributed by atoms with Gasteiger partial charge in [0, 0.05) is 49.5 Å². The zero-order valence-corrected chi connectivity index (χ0v) is 34.5. The molecule has 0 fully saturated rings. The minimum Gasteiger partial charge on any atom is -0.309 e. The third kappa shape index (κ3) is 6.13. The second-order valence-electron chi connectivity index (χ2n) is 16.1. The molecule has 0 aliphatic carbocycles. The summed E-state index contributed by atoms with van der Waals surface area (Å²) in [4.78, 5) is 15.8. The summed E-state index contributed by atoms with van der Waals surface area (Å²) in [6, 6.07) is 77.4. The zero-order chi connectivity index (χ0) is 41.9. The first-order chi connectivity index (χ1) is 31.2. The van der Waals surface area contributed by atoms with E-state index in [9.17, 15) is 0 Å². The van der Waals surface area contributed by atoms with Crippen LogP contribution < -0.4 is 0 Å². The SMILES string of the molecule is Cc1ccccc1-c1ccc2c(c1)c1ccccc1n2-c1ccc(-c2cccc3c4ccccc4n(-c4ccccc4)c23)cc1-c1nc(-c2ccccc2)nc(-c2ccccc2)n1. The van der Waals surface area contributed by atoms with Gasteiger partial charge < -0.3 is 9.13 Å². The normalized spacial score (nSPS) is 11.6. The van der Waals surface area contributed by atoms with E-state index in [0.29, 0.717) is 17.5 Å². The molecule has 0 amide bonds. The summed E-state index contributed by atoms with van der Waals surface area (Å²) in [5, 5.41) is 4.77. The molecule has 296 valence electrons. The molecule has 12 aromatic rings. The van der Waals surface area contributed by atoms with Gasteiger partial charge >= 0.3 is 0 Å². The Hall–Kier alpha value is -8.41. The Kier molecular flexibility index (Phi) is 8.64. The van der Waals surface area contributed by atoms with Crippen LogP contribution in [0.2, 0.25) is 0 Å². The maximum absolute atomic E-state index is 5.35. The van der Waals surface area contributed by atoms with E-state index >= 15 is 0 Å². The summed E-state index contributed by atoms with van der Waals surface area (Å²) in [5.74, 6) is 1.83. The van der Waals surface area contributed by atoms with Crippen molar-refractivity contribution in [1.82, 2.24) is 24.1 Å². The van der Waals surface area contributed by atoms with E-state index in [0.717, 1.165) is 61.3 Å². The van der Waals surface area contributed by atoms with Crippen molar-refractivity contribution in [3.8, 4) is 67.8 Å². The van der Waals surface area contributed by atoms with Crippen LogP contribution in [0.25, 0.3) is 111 Å². The van der Waals surface area contributed by atoms with Crippen molar-refractivity contribution in [3.63, 3.8) is 0 Å². The number of hydrogen-bond acceptors (Lipinski definition) is 3. The van der Waals surface area contributed by atoms with E-state index < -0.39 is 0 Å². The van der Waals surface area contributed by atoms with E-state index in [1.165, 1.54) is 38.2 Å². The third-order valence-corrected chi connectivity index (χ3v) is 12.3. The van der Waals surface area contributed by atoms with Crippen molar-refractivity contribution in [2.75, 3.05) is 0 Å². The quantitative estimate of drug-likeness (QED) is 0.161. The van der Waals surface area contributed by atoms with Crippen LogP contribution in [0.1, 0.15) is 5.56 Å². The highest BCUT2D eigenvalue weighted by Crippen LogP contribution is 2.43. The first-order valence-corrected chi connectivity index (χ1v) is 21.4. The standard InChI is InChI=1S/C58H39N5/c1-38-18-11-12-25-44(38)41-32-34-53-49(36-41)47-27-14-16-31-52(47)63(53)54-35-33-42(45-28-17-29-48-46-26-13-15-30-51(46)62(55(45)48)43-23-9-4-10-24-43)37-50(54)58-60-56(39-19-5-2-6-20-39)59-57(61-58)40-21-7-3-8-22-40/h2-37H,1H3. The number of rotatable bonds is 7. The maximum Gasteiger partial charge on any atom is 0.166 e. The first-order valence-electron chi connectivity index (χ1n) is 21.4. The number of para-hydroxylation sites is 4. The Balaban J connectivity index is 1.17. The largest absolute Gasteiger partial charge is 0.309 e. The van der Waals surface area contributed by atoms with Crippen molar-refractivity contribution < 1.29 is 0 Å². The Morgan fingerprint density at radius 3 is 1.52 bits per heavy atom. The molecule has 0 spiro atoms. The summed E-state index contributed by atoms with van der Waals surface area (Å²) in [5.41, 5.74) is 15.2. The monoisotopic (exact) mass is 805 g/mol. The summed E-state index contributed by atoms with van der Waals surface area (Å²) in [7, 11) is 0. The molecule has 0 aliphatic rings. The Labute approximate surface area is 364 Å². The lowest BCUT2D eigenvalue weighted by Gasteiger charge is -2.17. The Morgan fingerprint density at radius 2 is 0.825 bits per heavy atom. The molecule has 0 unspecified atom stereocenters. The summed E-state index contributed by atoms with van der Waals surface area (Å²) >= 11 is 0. The van der Waals surface area contributed by atoms with Crippen LogP contribution in [0.5, 0.6) is 0 Å². The molecule has 5 nitrogen and oxygen atoms in total. The molecule has 0 aliphatic heterocycles. The van der Waals surface area contributed by atoms with Crippen LogP contribution >= 0.6 is 0 Å². The first kappa shape index (κ1) is 36.4. The molecule has 3 heterocycles. The van der Waals surface area contributed by atoms with Crippen LogP contribution in [0.4, 0.5) is 0 Å². The molecule has 0 atom stereocenters. The molecule has 12 rings (SSSR count). The van der Waals surface area contributed by atoms with Crippen LogP contribution in [0, 0.1) is 6.92 Å². The van der Waals surface area contributed by atoms with Crippen molar-refractivity contribution >= 4 is 43.6 Å². The molecule has 0 saturated heterocycles. The molecule has 5 heteroatoms. The van der Waals surface area contributed by atoms with Crippen LogP contribution in [0.3, 0.4) is 0 Å². The average Bonchev–Trinajstić information content (AvgIpc) is 3.87. The molecular weight excluding hydrogens is 767 g/mol. The fourth-order valence-electron chi connectivity index (χ4n) is 9.40. The van der Waals surface area contributed by atoms with E-state index in [-0.39, 0.29) is 0 Å². The van der Waals surface area contributed by atoms with Gasteiger partial charge in [-0.1, -0.05) is 170 Å². The molecule has 9 aromatic carbocycles. The van der Waals surface area contributed by atoms with Gasteiger partial charge in [0.1, 0.15) is 0 Å². The summed E-state index contributed by atoms with van der Waals surface area (Å²) < 4.78 is 4.79. The minimum absolute atomic E-state index is 0.595. The predicted molar refractivity (Wildman–Crippen MR) is 260 cm³/mol. The lowest BCUT2D eigenvalue weighted by atomic mass is 9.98. The lowest BCUT2D eigenvalue weighted by Crippen LogP contribution is -2.04. The lowest BCUT2D eigenvalue weighted by molar-refractivity contribution is 1.06. The summed E-state index contributed by atoms with van der Waals surface area (Å²) in [6.07, 6.45) is 0. The number of fused-ring (bicyclic) bond motifs is 6. The number of hydrogen-bond donors (Lipinski definition) is 0. The molecule has 3 aromatic heterocycles. The molecule has 63 heavy (non-hydrogen) atoms. The molecule has 0 N–H and O–H groups in total. The number of aryl methyl sites for hydroxylation is 1. The van der Waals surface area contributed by atoms with Gasteiger partial charge in [-0.15, -0.1) is 0 Å². The highest BCUT2D eigenvalue weighted by atomic mass is 15.1. The number of benzene rings is 9. The summed E-state index contributed by atoms with van der Waals surface area (Å²) in [6.45, 7) is 2.18. The molecule has 0 radical (unpaired) electrons. The predicted octanol–water partition coefficient (Wildman–Crippen LogP) is 14.7. The van der Waals surface area contributed by atoms with Crippen molar-refractivity contribution in [2.24, 2.45) is 0 Å². The highest BCUT2D eigenvalue weighted by Gasteiger charge is 2.23. The third-order valence-electron chi connectivity index (χ3n) is 12.3. The van der Waals surface area contributed by atoms with Crippen molar-refractivity contribution in [1.29, 1.82) is 0 Å². The van der Waals surface area contributed by atoms with E-state index in [1.54, 1.807) is 0 Å². The molecular formula is C58H39N5. The fraction of sp³-hybridized carbons (Fsp3) is 0.0172. The van der Waals surface area contributed by atoms with Gasteiger partial charge in [-0.3, -0.25) is 0 Å². The smallest absolute Gasteiger partial charge is 0.166 e. The van der Waals surface area contributed by atoms with Gasteiger partial charge in [0.15, 0.2) is 17.5 Å². The van der Waals surface area contributed by atoms with E-state index in [1.807, 2.05) is 36.4 Å². The van der Waals surface area contributed by atoms with Crippen molar-refractivity contribution in [3.05, 3.63) is 224 Å². The van der Waals surface area contributed by atoms with E-state index in [4.69, 9.17) is 15.0 Å². The zero-order valence-electron chi connectivity index (χ0n) is 34.5. The van der Waals surface area contributed by atoms with Gasteiger partial charge in [-0.25, -0.2) is 15.0 Å². The van der Waals surface area contributed by atoms with Crippen LogP contribution in [-0.4, -0.2) is 24.1 Å². The maximum atomic E-state index is 5.35. The molecule has 0 saturated carbocycles. The highest BCUT2D eigenvalue weighted by molar-refractivity contribution is 6.14. The van der Waals surface area contributed by atoms with Gasteiger partial charge in [0.2, 0.25) is 0 Å². The van der Waals surface area contributed by atoms with Gasteiger partial charge in [-0.2, -0.15) is 0 Å². The number of aromatic nitrogens is 5. The minimum atomic E-state index is 0.595. The average molecular weight is 806 g/mol. The Morgan fingerprint density at radius 1 is 0.317 bits per heavy atom. The van der Waals surface area contributed by atoms with Gasteiger partial charge in [0.25, 0.3) is 0 Å². The topological polar surface area (TPSA) is 48.5 Å². The van der Waals surface area contributed by atoms with Crippen LogP contribution in [-0.2, 0) is 0 Å². The van der Waals surface area contributed by atoms with Gasteiger partial charge in [-0.05, 0) is 77.7 Å². The van der Waals surface area contributed by atoms with Crippen molar-refractivity contribution in [2.45, 2.75) is 6.92 Å². The molecule has 0 bridgehead atoms. The number of nitrogens with zero attached hydrogens (tertiary/aromatic N) is 5. The second-order valence-corrected chi connectivity index (χ2v) is 16.1. The second kappa shape index (κ2) is 14.9. The Bertz CT molecular complexity index is 3620. The van der Waals surface area contributed by atoms with E-state index in [2.05, 4.69) is 198 Å².